The van der Waals surface area contributed by atoms with Gasteiger partial charge >= 0.3 is 0 Å². The van der Waals surface area contributed by atoms with Crippen LogP contribution in [0.4, 0.5) is 4.39 Å². The molecular formula is C17H12ClFN4OS. The van der Waals surface area contributed by atoms with Crippen molar-refractivity contribution in [3.05, 3.63) is 69.4 Å². The van der Waals surface area contributed by atoms with Crippen LogP contribution in [-0.2, 0) is 4.79 Å². The summed E-state index contributed by atoms with van der Waals surface area (Å²) in [5, 5.41) is 10.5. The zero-order chi connectivity index (χ0) is 17.6. The molecule has 8 heteroatoms. The molecule has 2 aromatic rings. The van der Waals surface area contributed by atoms with E-state index in [0.29, 0.717) is 21.4 Å². The van der Waals surface area contributed by atoms with Gasteiger partial charge in [-0.2, -0.15) is 0 Å². The first-order valence-corrected chi connectivity index (χ1v) is 9.04. The molecule has 0 saturated carbocycles. The van der Waals surface area contributed by atoms with Gasteiger partial charge in [0.05, 0.1) is 15.9 Å². The van der Waals surface area contributed by atoms with Gasteiger partial charge in [0.2, 0.25) is 0 Å². The summed E-state index contributed by atoms with van der Waals surface area (Å²) >= 11 is 7.52. The van der Waals surface area contributed by atoms with Crippen LogP contribution in [0.3, 0.4) is 0 Å². The van der Waals surface area contributed by atoms with Crippen LogP contribution in [0.25, 0.3) is 5.70 Å². The third kappa shape index (κ3) is 2.60. The molecule has 1 N–H and O–H groups in total. The second kappa shape index (κ2) is 6.16. The summed E-state index contributed by atoms with van der Waals surface area (Å²) in [4.78, 5) is 17.3. The average Bonchev–Trinajstić information content (AvgIpc) is 2.61. The molecule has 126 valence electrons. The Kier molecular flexibility index (Phi) is 3.97. The number of benzene rings is 2. The highest BCUT2D eigenvalue weighted by Gasteiger charge is 2.36. The molecule has 2 aromatic carbocycles. The van der Waals surface area contributed by atoms with Crippen LogP contribution in [0.2, 0.25) is 5.02 Å². The Bertz CT molecular complexity index is 1020. The average molecular weight is 375 g/mol. The van der Waals surface area contributed by atoms with E-state index in [4.69, 9.17) is 11.6 Å². The van der Waals surface area contributed by atoms with Crippen LogP contribution in [0, 0.1) is 5.82 Å². The Morgan fingerprint density at radius 3 is 2.80 bits per heavy atom. The number of para-hydroxylation sites is 1. The van der Waals surface area contributed by atoms with Gasteiger partial charge in [0.1, 0.15) is 11.5 Å². The maximum absolute atomic E-state index is 14.5. The summed E-state index contributed by atoms with van der Waals surface area (Å²) < 4.78 is 14.5. The SMILES string of the molecule is CSC1=NN2C(=c3ccccc3=NC2c2c(F)cccc2Cl)C(=O)N1. The number of hydrogen-bond donors (Lipinski definition) is 1. The van der Waals surface area contributed by atoms with Gasteiger partial charge in [-0.15, -0.1) is 5.10 Å². The monoisotopic (exact) mass is 374 g/mol. The van der Waals surface area contributed by atoms with E-state index in [1.807, 2.05) is 12.1 Å². The zero-order valence-electron chi connectivity index (χ0n) is 13.0. The number of fused-ring (bicyclic) bond motifs is 2. The zero-order valence-corrected chi connectivity index (χ0v) is 14.6. The second-order valence-corrected chi connectivity index (χ2v) is 6.61. The fourth-order valence-corrected chi connectivity index (χ4v) is 3.49. The van der Waals surface area contributed by atoms with Crippen molar-refractivity contribution in [2.24, 2.45) is 10.1 Å². The van der Waals surface area contributed by atoms with Gasteiger partial charge in [0.25, 0.3) is 5.91 Å². The quantitative estimate of drug-likeness (QED) is 0.830. The standard InChI is InChI=1S/C17H12ClFN4OS/c1-25-17-21-16(24)14-9-5-2-3-8-12(9)20-15(23(14)22-17)13-10(18)6-4-7-11(13)19/h2-8,15H,1H3,(H,21,22,24). The van der Waals surface area contributed by atoms with Gasteiger partial charge in [0, 0.05) is 5.22 Å². The van der Waals surface area contributed by atoms with E-state index in [0.717, 1.165) is 0 Å². The number of carbonyl (C=O) groups is 1. The van der Waals surface area contributed by atoms with E-state index < -0.39 is 12.0 Å². The molecule has 1 unspecified atom stereocenters. The van der Waals surface area contributed by atoms with E-state index in [2.05, 4.69) is 15.4 Å². The number of amidine groups is 1. The fraction of sp³-hybridized carbons (Fsp3) is 0.118. The lowest BCUT2D eigenvalue weighted by Crippen LogP contribution is -2.50. The molecule has 0 fully saturated rings. The summed E-state index contributed by atoms with van der Waals surface area (Å²) in [6.07, 6.45) is 0.941. The maximum atomic E-state index is 14.5. The molecule has 0 spiro atoms. The number of hydrogen-bond acceptors (Lipinski definition) is 5. The Morgan fingerprint density at radius 1 is 1.24 bits per heavy atom. The Hall–Kier alpha value is -2.38. The van der Waals surface area contributed by atoms with Crippen molar-refractivity contribution in [2.75, 3.05) is 6.26 Å². The highest BCUT2D eigenvalue weighted by molar-refractivity contribution is 8.13. The number of halogens is 2. The largest absolute Gasteiger partial charge is 0.298 e. The molecule has 5 nitrogen and oxygen atoms in total. The van der Waals surface area contributed by atoms with E-state index in [9.17, 15) is 9.18 Å². The van der Waals surface area contributed by atoms with E-state index in [-0.39, 0.29) is 16.5 Å². The van der Waals surface area contributed by atoms with Gasteiger partial charge in [-0.05, 0) is 24.5 Å². The molecule has 0 aromatic heterocycles. The van der Waals surface area contributed by atoms with Crippen LogP contribution < -0.4 is 15.9 Å². The number of nitrogens with zero attached hydrogens (tertiary/aromatic N) is 3. The molecule has 2 aliphatic heterocycles. The first-order chi connectivity index (χ1) is 12.1. The molecule has 25 heavy (non-hydrogen) atoms. The van der Waals surface area contributed by atoms with Crippen LogP contribution in [0.5, 0.6) is 0 Å². The number of carbonyl (C=O) groups excluding carboxylic acids is 1. The summed E-state index contributed by atoms with van der Waals surface area (Å²) in [5.41, 5.74) is 0.516. The van der Waals surface area contributed by atoms with Crippen molar-refractivity contribution < 1.29 is 9.18 Å². The van der Waals surface area contributed by atoms with Crippen LogP contribution in [0.1, 0.15) is 11.7 Å². The van der Waals surface area contributed by atoms with Gasteiger partial charge in [-0.3, -0.25) is 15.1 Å². The number of hydrazone groups is 1. The molecule has 0 bridgehead atoms. The molecule has 1 atom stereocenters. The predicted octanol–water partition coefficient (Wildman–Crippen LogP) is 1.99. The number of amides is 1. The number of thioether (sulfide) groups is 1. The van der Waals surface area contributed by atoms with Crippen molar-refractivity contribution in [2.45, 2.75) is 6.17 Å². The summed E-state index contributed by atoms with van der Waals surface area (Å²) in [7, 11) is 0. The molecule has 0 saturated heterocycles. The van der Waals surface area contributed by atoms with Gasteiger partial charge in [-0.1, -0.05) is 47.6 Å². The van der Waals surface area contributed by atoms with Crippen LogP contribution >= 0.6 is 23.4 Å². The molecular weight excluding hydrogens is 363 g/mol. The van der Waals surface area contributed by atoms with E-state index >= 15 is 0 Å². The van der Waals surface area contributed by atoms with Gasteiger partial charge in [0.15, 0.2) is 11.3 Å². The summed E-state index contributed by atoms with van der Waals surface area (Å²) in [6, 6.07) is 11.6. The lowest BCUT2D eigenvalue weighted by atomic mass is 10.1. The molecule has 1 amide bonds. The minimum absolute atomic E-state index is 0.190. The number of nitrogens with one attached hydrogen (secondary N) is 1. The topological polar surface area (TPSA) is 57.1 Å². The highest BCUT2D eigenvalue weighted by Crippen LogP contribution is 2.35. The Morgan fingerprint density at radius 2 is 2.04 bits per heavy atom. The smallest absolute Gasteiger partial charge is 0.276 e. The third-order valence-corrected chi connectivity index (χ3v) is 4.87. The second-order valence-electron chi connectivity index (χ2n) is 5.41. The molecule has 2 aliphatic rings. The Balaban J connectivity index is 2.04. The number of rotatable bonds is 1. The van der Waals surface area contributed by atoms with Gasteiger partial charge < -0.3 is 0 Å². The first-order valence-electron chi connectivity index (χ1n) is 7.44. The van der Waals surface area contributed by atoms with Crippen molar-refractivity contribution >= 4 is 40.1 Å². The van der Waals surface area contributed by atoms with Crippen molar-refractivity contribution in [3.63, 3.8) is 0 Å². The lowest BCUT2D eigenvalue weighted by molar-refractivity contribution is -0.116. The summed E-state index contributed by atoms with van der Waals surface area (Å²) in [6.45, 7) is 0. The molecule has 0 aliphatic carbocycles. The van der Waals surface area contributed by atoms with E-state index in [1.54, 1.807) is 24.5 Å². The van der Waals surface area contributed by atoms with E-state index in [1.165, 1.54) is 28.9 Å². The minimum Gasteiger partial charge on any atom is -0.298 e. The van der Waals surface area contributed by atoms with Crippen LogP contribution in [0.15, 0.2) is 52.6 Å². The molecule has 4 rings (SSSR count). The maximum Gasteiger partial charge on any atom is 0.276 e. The van der Waals surface area contributed by atoms with Crippen molar-refractivity contribution in [3.8, 4) is 0 Å². The van der Waals surface area contributed by atoms with Crippen molar-refractivity contribution in [1.29, 1.82) is 0 Å². The molecule has 0 radical (unpaired) electrons. The lowest BCUT2D eigenvalue weighted by Gasteiger charge is -2.34. The fourth-order valence-electron chi connectivity index (χ4n) is 2.86. The normalized spacial score (nSPS) is 18.8. The predicted molar refractivity (Wildman–Crippen MR) is 95.7 cm³/mol. The van der Waals surface area contributed by atoms with Crippen molar-refractivity contribution in [1.82, 2.24) is 10.3 Å². The summed E-state index contributed by atoms with van der Waals surface area (Å²) in [5.74, 6) is -0.800. The minimum atomic E-state index is -0.855. The first kappa shape index (κ1) is 16.1. The molecule has 2 heterocycles. The highest BCUT2D eigenvalue weighted by atomic mass is 35.5. The third-order valence-electron chi connectivity index (χ3n) is 3.97. The van der Waals surface area contributed by atoms with Gasteiger partial charge in [-0.25, -0.2) is 9.40 Å². The Labute approximate surface area is 151 Å². The van der Waals surface area contributed by atoms with Crippen LogP contribution in [-0.4, -0.2) is 22.3 Å².